The first-order chi connectivity index (χ1) is 8.63. The van der Waals surface area contributed by atoms with E-state index in [1.807, 2.05) is 24.6 Å². The quantitative estimate of drug-likeness (QED) is 0.837. The lowest BCUT2D eigenvalue weighted by Crippen LogP contribution is -2.32. The van der Waals surface area contributed by atoms with Crippen LogP contribution in [-0.2, 0) is 22.5 Å². The summed E-state index contributed by atoms with van der Waals surface area (Å²) < 4.78 is 7.16. The zero-order valence-corrected chi connectivity index (χ0v) is 11.3. The monoisotopic (exact) mass is 251 g/mol. The summed E-state index contributed by atoms with van der Waals surface area (Å²) in [6.07, 6.45) is 1.38. The number of nitrogens with one attached hydrogen (secondary N) is 1. The molecule has 0 bridgehead atoms. The van der Waals surface area contributed by atoms with E-state index in [-0.39, 0.29) is 17.9 Å². The fraction of sp³-hybridized carbons (Fsp3) is 0.692. The second-order valence-corrected chi connectivity index (χ2v) is 4.79. The van der Waals surface area contributed by atoms with Gasteiger partial charge in [0.2, 0.25) is 0 Å². The number of aromatic nitrogens is 2. The summed E-state index contributed by atoms with van der Waals surface area (Å²) in [6.45, 7) is 5.55. The maximum absolute atomic E-state index is 12.2. The molecule has 0 saturated carbocycles. The zero-order valence-electron chi connectivity index (χ0n) is 11.3. The van der Waals surface area contributed by atoms with Crippen LogP contribution < -0.4 is 5.32 Å². The van der Waals surface area contributed by atoms with Crippen LogP contribution in [0, 0.1) is 6.92 Å². The average molecular weight is 251 g/mol. The Balaban J connectivity index is 1.99. The van der Waals surface area contributed by atoms with Crippen molar-refractivity contribution < 1.29 is 9.53 Å². The second-order valence-electron chi connectivity index (χ2n) is 4.79. The summed E-state index contributed by atoms with van der Waals surface area (Å²) >= 11 is 0. The van der Waals surface area contributed by atoms with Gasteiger partial charge in [-0.3, -0.25) is 9.48 Å². The maximum atomic E-state index is 12.2. The number of ether oxygens (including phenoxy) is 1. The van der Waals surface area contributed by atoms with Gasteiger partial charge in [0.05, 0.1) is 24.3 Å². The number of Topliss-reactive ketones (excluding diaryl/α,β-unsaturated/α-hetero) is 1. The molecule has 0 aliphatic carbocycles. The van der Waals surface area contributed by atoms with Crippen LogP contribution in [0.1, 0.15) is 24.7 Å². The summed E-state index contributed by atoms with van der Waals surface area (Å²) in [5.74, 6) is 0.226. The third kappa shape index (κ3) is 2.79. The number of carbonyl (C=O) groups is 1. The number of aryl methyl sites for hydroxylation is 2. The van der Waals surface area contributed by atoms with Crippen LogP contribution in [0.4, 0.5) is 0 Å². The van der Waals surface area contributed by atoms with Crippen LogP contribution in [0.25, 0.3) is 0 Å². The summed E-state index contributed by atoms with van der Waals surface area (Å²) in [4.78, 5) is 12.2. The molecule has 0 amide bonds. The van der Waals surface area contributed by atoms with Gasteiger partial charge in [-0.1, -0.05) is 0 Å². The van der Waals surface area contributed by atoms with Crippen LogP contribution in [0.5, 0.6) is 0 Å². The smallest absolute Gasteiger partial charge is 0.155 e. The summed E-state index contributed by atoms with van der Waals surface area (Å²) in [7, 11) is 1.69. The predicted molar refractivity (Wildman–Crippen MR) is 68.6 cm³/mol. The molecule has 0 radical (unpaired) electrons. The van der Waals surface area contributed by atoms with Crippen molar-refractivity contribution in [1.82, 2.24) is 15.1 Å². The molecule has 1 aromatic heterocycles. The first kappa shape index (κ1) is 13.2. The van der Waals surface area contributed by atoms with Crippen LogP contribution in [0.2, 0.25) is 0 Å². The van der Waals surface area contributed by atoms with Gasteiger partial charge in [-0.25, -0.2) is 0 Å². The number of methoxy groups -OCH3 is 1. The number of carbonyl (C=O) groups excluding carboxylic acids is 1. The molecule has 2 atom stereocenters. The van der Waals surface area contributed by atoms with Gasteiger partial charge >= 0.3 is 0 Å². The van der Waals surface area contributed by atoms with Crippen LogP contribution in [-0.4, -0.2) is 41.4 Å². The zero-order chi connectivity index (χ0) is 13.1. The Hall–Kier alpha value is -1.20. The molecule has 1 N–H and O–H groups in total. The molecule has 100 valence electrons. The Bertz CT molecular complexity index is 428. The highest BCUT2D eigenvalue weighted by molar-refractivity contribution is 5.86. The van der Waals surface area contributed by atoms with Crippen molar-refractivity contribution >= 4 is 5.78 Å². The fourth-order valence-electron chi connectivity index (χ4n) is 2.45. The molecule has 1 aromatic rings. The van der Waals surface area contributed by atoms with Crippen molar-refractivity contribution in [2.75, 3.05) is 13.7 Å². The highest BCUT2D eigenvalue weighted by Gasteiger charge is 2.29. The molecule has 5 heteroatoms. The van der Waals surface area contributed by atoms with Crippen molar-refractivity contribution in [3.05, 3.63) is 17.5 Å². The number of hydrogen-bond donors (Lipinski definition) is 1. The van der Waals surface area contributed by atoms with Gasteiger partial charge in [-0.15, -0.1) is 0 Å². The van der Waals surface area contributed by atoms with E-state index in [0.29, 0.717) is 6.42 Å². The standard InChI is InChI=1S/C13H21N3O2/c1-4-16-10(5-9(2)15-16)6-13(17)12-7-11(18-3)8-14-12/h5,11-12,14H,4,6-8H2,1-3H3. The minimum Gasteiger partial charge on any atom is -0.380 e. The first-order valence-corrected chi connectivity index (χ1v) is 6.46. The van der Waals surface area contributed by atoms with Crippen molar-refractivity contribution in [3.8, 4) is 0 Å². The van der Waals surface area contributed by atoms with Crippen LogP contribution in [0.3, 0.4) is 0 Å². The van der Waals surface area contributed by atoms with E-state index in [4.69, 9.17) is 4.74 Å². The Labute approximate surface area is 108 Å². The first-order valence-electron chi connectivity index (χ1n) is 6.46. The molecule has 0 aromatic carbocycles. The molecule has 1 aliphatic rings. The van der Waals surface area contributed by atoms with Gasteiger partial charge in [0.15, 0.2) is 5.78 Å². The number of rotatable bonds is 5. The highest BCUT2D eigenvalue weighted by atomic mass is 16.5. The van der Waals surface area contributed by atoms with E-state index in [1.165, 1.54) is 0 Å². The van der Waals surface area contributed by atoms with Gasteiger partial charge in [0.25, 0.3) is 0 Å². The number of nitrogens with zero attached hydrogens (tertiary/aromatic N) is 2. The van der Waals surface area contributed by atoms with Crippen molar-refractivity contribution in [2.45, 2.75) is 45.4 Å². The van der Waals surface area contributed by atoms with Gasteiger partial charge in [0, 0.05) is 25.9 Å². The normalized spacial score (nSPS) is 23.5. The number of hydrogen-bond acceptors (Lipinski definition) is 4. The molecule has 18 heavy (non-hydrogen) atoms. The third-order valence-electron chi connectivity index (χ3n) is 3.45. The molecule has 5 nitrogen and oxygen atoms in total. The van der Waals surface area contributed by atoms with Crippen molar-refractivity contribution in [1.29, 1.82) is 0 Å². The Kier molecular flexibility index (Phi) is 4.14. The Morgan fingerprint density at radius 1 is 1.67 bits per heavy atom. The van der Waals surface area contributed by atoms with E-state index in [9.17, 15) is 4.79 Å². The lowest BCUT2D eigenvalue weighted by molar-refractivity contribution is -0.120. The number of ketones is 1. The summed E-state index contributed by atoms with van der Waals surface area (Å²) in [5, 5.41) is 7.58. The van der Waals surface area contributed by atoms with Gasteiger partial charge < -0.3 is 10.1 Å². The minimum absolute atomic E-state index is 0.0736. The largest absolute Gasteiger partial charge is 0.380 e. The van der Waals surface area contributed by atoms with E-state index in [2.05, 4.69) is 10.4 Å². The molecule has 2 heterocycles. The Morgan fingerprint density at radius 3 is 3.06 bits per heavy atom. The minimum atomic E-state index is -0.0736. The maximum Gasteiger partial charge on any atom is 0.155 e. The SMILES string of the molecule is CCn1nc(C)cc1CC(=O)C1CC(OC)CN1. The lowest BCUT2D eigenvalue weighted by Gasteiger charge is -2.10. The van der Waals surface area contributed by atoms with E-state index in [1.54, 1.807) is 7.11 Å². The molecule has 2 unspecified atom stereocenters. The molecular formula is C13H21N3O2. The van der Waals surface area contributed by atoms with E-state index in [0.717, 1.165) is 30.9 Å². The van der Waals surface area contributed by atoms with Crippen molar-refractivity contribution in [3.63, 3.8) is 0 Å². The lowest BCUT2D eigenvalue weighted by atomic mass is 10.1. The van der Waals surface area contributed by atoms with Crippen molar-refractivity contribution in [2.24, 2.45) is 0 Å². The summed E-state index contributed by atoms with van der Waals surface area (Å²) in [6, 6.07) is 1.92. The molecule has 2 rings (SSSR count). The topological polar surface area (TPSA) is 56.2 Å². The molecule has 1 saturated heterocycles. The van der Waals surface area contributed by atoms with Gasteiger partial charge in [-0.2, -0.15) is 5.10 Å². The highest BCUT2D eigenvalue weighted by Crippen LogP contribution is 2.13. The van der Waals surface area contributed by atoms with E-state index < -0.39 is 0 Å². The van der Waals surface area contributed by atoms with E-state index >= 15 is 0 Å². The molecule has 0 spiro atoms. The van der Waals surface area contributed by atoms with Crippen LogP contribution in [0.15, 0.2) is 6.07 Å². The molecule has 1 aliphatic heterocycles. The fourth-order valence-corrected chi connectivity index (χ4v) is 2.45. The summed E-state index contributed by atoms with van der Waals surface area (Å²) in [5.41, 5.74) is 1.97. The Morgan fingerprint density at radius 2 is 2.44 bits per heavy atom. The average Bonchev–Trinajstić information content (AvgIpc) is 2.95. The van der Waals surface area contributed by atoms with Gasteiger partial charge in [-0.05, 0) is 26.3 Å². The second kappa shape index (κ2) is 5.63. The van der Waals surface area contributed by atoms with Crippen LogP contribution >= 0.6 is 0 Å². The van der Waals surface area contributed by atoms with Gasteiger partial charge in [0.1, 0.15) is 0 Å². The molecular weight excluding hydrogens is 230 g/mol. The molecule has 1 fully saturated rings. The predicted octanol–water partition coefficient (Wildman–Crippen LogP) is 0.700. The third-order valence-corrected chi connectivity index (χ3v) is 3.45.